The van der Waals surface area contributed by atoms with Gasteiger partial charge in [-0.1, -0.05) is 23.7 Å². The predicted octanol–water partition coefficient (Wildman–Crippen LogP) is 2.94. The van der Waals surface area contributed by atoms with Crippen LogP contribution < -0.4 is 5.73 Å². The van der Waals surface area contributed by atoms with Gasteiger partial charge in [0.1, 0.15) is 0 Å². The lowest BCUT2D eigenvalue weighted by Crippen LogP contribution is -2.43. The van der Waals surface area contributed by atoms with Crippen LogP contribution in [0, 0.1) is 0 Å². The van der Waals surface area contributed by atoms with Gasteiger partial charge >= 0.3 is 0 Å². The first-order valence-electron chi connectivity index (χ1n) is 6.24. The van der Waals surface area contributed by atoms with Gasteiger partial charge in [-0.25, -0.2) is 0 Å². The molecule has 0 bridgehead atoms. The van der Waals surface area contributed by atoms with E-state index in [1.165, 1.54) is 0 Å². The van der Waals surface area contributed by atoms with E-state index in [9.17, 15) is 4.79 Å². The fraction of sp³-hybridized carbons (Fsp3) is 0.500. The molecule has 106 valence electrons. The molecule has 1 unspecified atom stereocenters. The van der Waals surface area contributed by atoms with Gasteiger partial charge in [0.2, 0.25) is 5.91 Å². The lowest BCUT2D eigenvalue weighted by atomic mass is 10.1. The quantitative estimate of drug-likeness (QED) is 0.878. The van der Waals surface area contributed by atoms with E-state index in [-0.39, 0.29) is 11.9 Å². The summed E-state index contributed by atoms with van der Waals surface area (Å²) in [7, 11) is 1.78. The zero-order chi connectivity index (χ0) is 14.4. The number of likely N-dealkylation sites (N-methyl/N-ethyl adjacent to an activating group) is 1. The summed E-state index contributed by atoms with van der Waals surface area (Å²) in [5, 5.41) is 0.678. The second-order valence-corrected chi connectivity index (χ2v) is 5.99. The number of nitrogens with two attached hydrogens (primary N) is 1. The number of hydrogen-bond acceptors (Lipinski definition) is 3. The first-order valence-corrected chi connectivity index (χ1v) is 8.01. The Bertz CT molecular complexity index is 428. The first kappa shape index (κ1) is 16.3. The van der Waals surface area contributed by atoms with E-state index in [4.69, 9.17) is 17.3 Å². The Hall–Kier alpha value is -0.710. The highest BCUT2D eigenvalue weighted by atomic mass is 35.5. The Morgan fingerprint density at radius 1 is 1.53 bits per heavy atom. The minimum atomic E-state index is -0.431. The molecule has 2 N–H and O–H groups in total. The Balaban J connectivity index is 2.70. The molecule has 0 radical (unpaired) electrons. The standard InChI is InChI=1S/C14H21ClN2OS/c1-10(11-5-4-6-12(15)9-11)17(2)14(18)13(16)7-8-19-3/h4-6,9-10,13H,7-8,16H2,1-3H3/t10?,13-/m1/s1. The van der Waals surface area contributed by atoms with Gasteiger partial charge in [-0.3, -0.25) is 4.79 Å². The third kappa shape index (κ3) is 4.71. The smallest absolute Gasteiger partial charge is 0.239 e. The number of nitrogens with zero attached hydrogens (tertiary/aromatic N) is 1. The lowest BCUT2D eigenvalue weighted by Gasteiger charge is -2.28. The van der Waals surface area contributed by atoms with Gasteiger partial charge in [0, 0.05) is 12.1 Å². The maximum atomic E-state index is 12.2. The minimum Gasteiger partial charge on any atom is -0.338 e. The van der Waals surface area contributed by atoms with Crippen molar-refractivity contribution >= 4 is 29.3 Å². The molecule has 0 fully saturated rings. The SMILES string of the molecule is CSCC[C@@H](N)C(=O)N(C)C(C)c1cccc(Cl)c1. The Kier molecular flexibility index (Phi) is 6.69. The van der Waals surface area contributed by atoms with Gasteiger partial charge in [-0.2, -0.15) is 11.8 Å². The van der Waals surface area contributed by atoms with Crippen LogP contribution in [0.25, 0.3) is 0 Å². The van der Waals surface area contributed by atoms with Crippen molar-refractivity contribution in [3.63, 3.8) is 0 Å². The van der Waals surface area contributed by atoms with Gasteiger partial charge in [0.15, 0.2) is 0 Å². The van der Waals surface area contributed by atoms with E-state index in [1.54, 1.807) is 23.7 Å². The summed E-state index contributed by atoms with van der Waals surface area (Å²) in [5.41, 5.74) is 6.93. The molecule has 0 heterocycles. The van der Waals surface area contributed by atoms with Crippen LogP contribution in [-0.4, -0.2) is 35.9 Å². The highest BCUT2D eigenvalue weighted by molar-refractivity contribution is 7.98. The molecule has 3 nitrogen and oxygen atoms in total. The second kappa shape index (κ2) is 7.78. The summed E-state index contributed by atoms with van der Waals surface area (Å²) in [6.45, 7) is 1.98. The maximum Gasteiger partial charge on any atom is 0.239 e. The predicted molar refractivity (Wildman–Crippen MR) is 83.6 cm³/mol. The molecule has 0 aliphatic rings. The number of hydrogen-bond donors (Lipinski definition) is 1. The van der Waals surface area contributed by atoms with Crippen molar-refractivity contribution in [1.29, 1.82) is 0 Å². The summed E-state index contributed by atoms with van der Waals surface area (Å²) >= 11 is 7.67. The fourth-order valence-electron chi connectivity index (χ4n) is 1.81. The Labute approximate surface area is 124 Å². The number of amides is 1. The molecule has 1 aromatic rings. The van der Waals surface area contributed by atoms with Crippen LogP contribution in [-0.2, 0) is 4.79 Å². The fourth-order valence-corrected chi connectivity index (χ4v) is 2.50. The van der Waals surface area contributed by atoms with Gasteiger partial charge < -0.3 is 10.6 Å². The van der Waals surface area contributed by atoms with Crippen LogP contribution in [0.5, 0.6) is 0 Å². The molecular weight excluding hydrogens is 280 g/mol. The van der Waals surface area contributed by atoms with Crippen molar-refractivity contribution in [3.05, 3.63) is 34.9 Å². The third-order valence-electron chi connectivity index (χ3n) is 3.21. The topological polar surface area (TPSA) is 46.3 Å². The summed E-state index contributed by atoms with van der Waals surface area (Å²) in [5.74, 6) is 0.869. The molecule has 1 aromatic carbocycles. The number of rotatable bonds is 6. The molecule has 0 saturated heterocycles. The number of benzene rings is 1. The molecule has 0 spiro atoms. The highest BCUT2D eigenvalue weighted by Gasteiger charge is 2.22. The molecule has 1 amide bonds. The highest BCUT2D eigenvalue weighted by Crippen LogP contribution is 2.22. The van der Waals surface area contributed by atoms with Crippen molar-refractivity contribution in [2.24, 2.45) is 5.73 Å². The zero-order valence-electron chi connectivity index (χ0n) is 11.6. The molecule has 19 heavy (non-hydrogen) atoms. The van der Waals surface area contributed by atoms with E-state index in [0.717, 1.165) is 11.3 Å². The van der Waals surface area contributed by atoms with Crippen LogP contribution in [0.3, 0.4) is 0 Å². The first-order chi connectivity index (χ1) is 8.97. The third-order valence-corrected chi connectivity index (χ3v) is 4.09. The van der Waals surface area contributed by atoms with Crippen LogP contribution in [0.1, 0.15) is 24.9 Å². The van der Waals surface area contributed by atoms with Gasteiger partial charge in [-0.15, -0.1) is 0 Å². The number of halogens is 1. The second-order valence-electron chi connectivity index (χ2n) is 4.57. The van der Waals surface area contributed by atoms with Gasteiger partial charge in [-0.05, 0) is 43.0 Å². The summed E-state index contributed by atoms with van der Waals surface area (Å²) in [6, 6.07) is 7.09. The minimum absolute atomic E-state index is 0.0264. The number of carbonyl (C=O) groups is 1. The molecule has 0 aliphatic carbocycles. The summed E-state index contributed by atoms with van der Waals surface area (Å²) in [4.78, 5) is 13.9. The normalized spacial score (nSPS) is 13.9. The van der Waals surface area contributed by atoms with Crippen molar-refractivity contribution in [2.75, 3.05) is 19.1 Å². The average molecular weight is 301 g/mol. The molecule has 0 aliphatic heterocycles. The van der Waals surface area contributed by atoms with E-state index in [1.807, 2.05) is 37.4 Å². The summed E-state index contributed by atoms with van der Waals surface area (Å²) in [6.07, 6.45) is 2.71. The Morgan fingerprint density at radius 3 is 2.79 bits per heavy atom. The lowest BCUT2D eigenvalue weighted by molar-refractivity contribution is -0.133. The van der Waals surface area contributed by atoms with E-state index in [2.05, 4.69) is 0 Å². The van der Waals surface area contributed by atoms with Gasteiger partial charge in [0.25, 0.3) is 0 Å². The van der Waals surface area contributed by atoms with Crippen LogP contribution in [0.4, 0.5) is 0 Å². The van der Waals surface area contributed by atoms with E-state index < -0.39 is 6.04 Å². The van der Waals surface area contributed by atoms with Crippen LogP contribution in [0.2, 0.25) is 5.02 Å². The molecule has 0 aromatic heterocycles. The van der Waals surface area contributed by atoms with E-state index >= 15 is 0 Å². The number of thioether (sulfide) groups is 1. The van der Waals surface area contributed by atoms with Crippen LogP contribution >= 0.6 is 23.4 Å². The van der Waals surface area contributed by atoms with Crippen molar-refractivity contribution < 1.29 is 4.79 Å². The molecule has 0 saturated carbocycles. The zero-order valence-corrected chi connectivity index (χ0v) is 13.2. The number of carbonyl (C=O) groups excluding carboxylic acids is 1. The van der Waals surface area contributed by atoms with Crippen molar-refractivity contribution in [2.45, 2.75) is 25.4 Å². The summed E-state index contributed by atoms with van der Waals surface area (Å²) < 4.78 is 0. The maximum absolute atomic E-state index is 12.2. The monoisotopic (exact) mass is 300 g/mol. The van der Waals surface area contributed by atoms with Crippen molar-refractivity contribution in [1.82, 2.24) is 4.90 Å². The van der Waals surface area contributed by atoms with E-state index in [0.29, 0.717) is 11.4 Å². The average Bonchev–Trinajstić information content (AvgIpc) is 2.42. The molecule has 2 atom stereocenters. The molecule has 5 heteroatoms. The van der Waals surface area contributed by atoms with Gasteiger partial charge in [0.05, 0.1) is 12.1 Å². The molecular formula is C14H21ClN2OS. The largest absolute Gasteiger partial charge is 0.338 e. The molecule has 1 rings (SSSR count). The van der Waals surface area contributed by atoms with Crippen LogP contribution in [0.15, 0.2) is 24.3 Å². The van der Waals surface area contributed by atoms with Crippen molar-refractivity contribution in [3.8, 4) is 0 Å². The Morgan fingerprint density at radius 2 is 2.21 bits per heavy atom.